The molecule has 0 amide bonds. The van der Waals surface area contributed by atoms with E-state index >= 15 is 0 Å². The first-order valence-electron chi connectivity index (χ1n) is 14.2. The maximum atomic E-state index is 13.3. The second-order valence-corrected chi connectivity index (χ2v) is 10.0. The van der Waals surface area contributed by atoms with E-state index in [1.54, 1.807) is 0 Å². The number of nitrogens with zero attached hydrogens (tertiary/aromatic N) is 1. The number of nitrogens with one attached hydrogen (secondary N) is 2. The fraction of sp³-hybridized carbons (Fsp3) is 0.303. The zero-order valence-corrected chi connectivity index (χ0v) is 23.2. The van der Waals surface area contributed by atoms with Gasteiger partial charge in [-0.1, -0.05) is 60.7 Å². The van der Waals surface area contributed by atoms with Crippen LogP contribution >= 0.6 is 0 Å². The van der Waals surface area contributed by atoms with Gasteiger partial charge in [0, 0.05) is 24.2 Å². The minimum Gasteiger partial charge on any atom is -0.491 e. The van der Waals surface area contributed by atoms with Crippen molar-refractivity contribution in [3.63, 3.8) is 0 Å². The van der Waals surface area contributed by atoms with E-state index in [0.717, 1.165) is 39.7 Å². The molecule has 0 saturated carbocycles. The lowest BCUT2D eigenvalue weighted by Gasteiger charge is -2.43. The van der Waals surface area contributed by atoms with E-state index < -0.39 is 0 Å². The molecular weight excluding hydrogens is 518 g/mol. The van der Waals surface area contributed by atoms with Gasteiger partial charge in [0.15, 0.2) is 0 Å². The van der Waals surface area contributed by atoms with Crippen molar-refractivity contribution in [3.8, 4) is 11.5 Å². The number of ether oxygens (including phenoxy) is 4. The minimum atomic E-state index is -0.377. The van der Waals surface area contributed by atoms with Gasteiger partial charge in [-0.25, -0.2) is 4.79 Å². The summed E-state index contributed by atoms with van der Waals surface area (Å²) >= 11 is 0. The lowest BCUT2D eigenvalue weighted by molar-refractivity contribution is -0.138. The van der Waals surface area contributed by atoms with Crippen LogP contribution in [-0.2, 0) is 20.8 Å². The van der Waals surface area contributed by atoms with Gasteiger partial charge in [0.05, 0.1) is 42.5 Å². The molecule has 2 bridgehead atoms. The second-order valence-electron chi connectivity index (χ2n) is 10.0. The Kier molecular flexibility index (Phi) is 8.09. The van der Waals surface area contributed by atoms with Crippen molar-refractivity contribution in [3.05, 3.63) is 113 Å². The Morgan fingerprint density at radius 3 is 2.34 bits per heavy atom. The minimum absolute atomic E-state index is 0.299. The number of rotatable bonds is 4. The zero-order valence-electron chi connectivity index (χ0n) is 23.2. The molecule has 1 atom stereocenters. The molecule has 8 nitrogen and oxygen atoms in total. The topological polar surface area (TPSA) is 81.3 Å². The van der Waals surface area contributed by atoms with Gasteiger partial charge in [-0.3, -0.25) is 0 Å². The predicted molar refractivity (Wildman–Crippen MR) is 156 cm³/mol. The van der Waals surface area contributed by atoms with Crippen LogP contribution in [0.15, 0.2) is 95.8 Å². The van der Waals surface area contributed by atoms with Crippen LogP contribution in [-0.4, -0.2) is 50.4 Å². The largest absolute Gasteiger partial charge is 0.491 e. The Bertz CT molecular complexity index is 1450. The molecule has 3 heterocycles. The van der Waals surface area contributed by atoms with Gasteiger partial charge in [0.25, 0.3) is 0 Å². The number of hydrogen-bond donors (Lipinski definition) is 2. The summed E-state index contributed by atoms with van der Waals surface area (Å²) in [5, 5.41) is 7.45. The molecule has 0 radical (unpaired) electrons. The molecule has 212 valence electrons. The Hall–Kier alpha value is -4.43. The van der Waals surface area contributed by atoms with E-state index in [9.17, 15) is 4.79 Å². The lowest BCUT2D eigenvalue weighted by Crippen LogP contribution is -2.46. The Morgan fingerprint density at radius 1 is 0.854 bits per heavy atom. The predicted octanol–water partition coefficient (Wildman–Crippen LogP) is 4.76. The van der Waals surface area contributed by atoms with Crippen LogP contribution in [0.4, 0.5) is 0 Å². The van der Waals surface area contributed by atoms with Crippen molar-refractivity contribution in [1.82, 2.24) is 15.5 Å². The highest BCUT2D eigenvalue weighted by Gasteiger charge is 2.37. The van der Waals surface area contributed by atoms with Crippen LogP contribution in [0.5, 0.6) is 11.5 Å². The molecule has 3 aliphatic heterocycles. The van der Waals surface area contributed by atoms with Crippen molar-refractivity contribution in [1.29, 1.82) is 0 Å². The Balaban J connectivity index is 1.56. The SMILES string of the molecule is CCOC(=O)C1=C2N[C@@H]3NC(=C2N(Cc2ccccc2)CC1)c1ccccc1OCCOCCOc1ccccc13. The molecule has 3 aromatic rings. The quantitative estimate of drug-likeness (QED) is 0.448. The van der Waals surface area contributed by atoms with E-state index in [2.05, 4.69) is 45.9 Å². The molecule has 3 aliphatic rings. The third-order valence-electron chi connectivity index (χ3n) is 7.40. The fourth-order valence-electron chi connectivity index (χ4n) is 5.53. The first kappa shape index (κ1) is 26.8. The van der Waals surface area contributed by atoms with Gasteiger partial charge in [-0.2, -0.15) is 0 Å². The highest BCUT2D eigenvalue weighted by molar-refractivity contribution is 5.92. The third-order valence-corrected chi connectivity index (χ3v) is 7.40. The van der Waals surface area contributed by atoms with Crippen molar-refractivity contribution in [2.45, 2.75) is 26.1 Å². The first-order chi connectivity index (χ1) is 20.2. The summed E-state index contributed by atoms with van der Waals surface area (Å²) in [7, 11) is 0. The summed E-state index contributed by atoms with van der Waals surface area (Å²) in [6, 6.07) is 26.3. The van der Waals surface area contributed by atoms with E-state index in [1.807, 2.05) is 55.5 Å². The average Bonchev–Trinajstić information content (AvgIpc) is 3.01. The van der Waals surface area contributed by atoms with Crippen LogP contribution in [0, 0.1) is 0 Å². The maximum Gasteiger partial charge on any atom is 0.336 e. The Morgan fingerprint density at radius 2 is 1.54 bits per heavy atom. The van der Waals surface area contributed by atoms with Gasteiger partial charge < -0.3 is 34.5 Å². The van der Waals surface area contributed by atoms with E-state index in [4.69, 9.17) is 18.9 Å². The fourth-order valence-corrected chi connectivity index (χ4v) is 5.53. The highest BCUT2D eigenvalue weighted by Crippen LogP contribution is 2.41. The standard InChI is InChI=1S/C33H35N3O5/c1-2-39-33(37)26-16-17-36(22-23-10-4-3-5-11-23)31-29-24-12-6-8-14-27(24)40-20-18-38-19-21-41-28-15-9-7-13-25(28)32(34-29)35-30(26)31/h3-15,32,34-35H,2,16-22H2,1H3/t32-/m0/s1. The molecule has 0 fully saturated rings. The highest BCUT2D eigenvalue weighted by atomic mass is 16.5. The average molecular weight is 554 g/mol. The molecule has 8 heteroatoms. The van der Waals surface area contributed by atoms with E-state index in [1.165, 1.54) is 5.56 Å². The molecule has 6 rings (SSSR count). The summed E-state index contributed by atoms with van der Waals surface area (Å²) in [5.74, 6) is 1.20. The van der Waals surface area contributed by atoms with E-state index in [0.29, 0.717) is 58.1 Å². The number of carbonyl (C=O) groups excluding carboxylic acids is 1. The van der Waals surface area contributed by atoms with Gasteiger partial charge in [0.2, 0.25) is 0 Å². The molecule has 0 unspecified atom stereocenters. The van der Waals surface area contributed by atoms with Crippen molar-refractivity contribution < 1.29 is 23.7 Å². The first-order valence-corrected chi connectivity index (χ1v) is 14.2. The molecule has 2 N–H and O–H groups in total. The number of carbonyl (C=O) groups is 1. The molecule has 3 aromatic carbocycles. The molecule has 41 heavy (non-hydrogen) atoms. The van der Waals surface area contributed by atoms with Crippen molar-refractivity contribution >= 4 is 11.7 Å². The molecule has 0 spiro atoms. The zero-order chi connectivity index (χ0) is 28.0. The van der Waals surface area contributed by atoms with Crippen LogP contribution in [0.1, 0.15) is 36.2 Å². The normalized spacial score (nSPS) is 18.8. The number of benzene rings is 3. The summed E-state index contributed by atoms with van der Waals surface area (Å²) in [5.41, 5.74) is 6.22. The van der Waals surface area contributed by atoms with Gasteiger partial charge >= 0.3 is 5.97 Å². The van der Waals surface area contributed by atoms with Crippen molar-refractivity contribution in [2.75, 3.05) is 39.6 Å². The Labute approximate surface area is 240 Å². The molecular formula is C33H35N3O5. The maximum absolute atomic E-state index is 13.3. The number of para-hydroxylation sites is 2. The number of hydrogen-bond acceptors (Lipinski definition) is 8. The van der Waals surface area contributed by atoms with Gasteiger partial charge in [-0.05, 0) is 37.1 Å². The van der Waals surface area contributed by atoms with Crippen LogP contribution in [0.25, 0.3) is 5.70 Å². The monoisotopic (exact) mass is 553 g/mol. The van der Waals surface area contributed by atoms with Crippen LogP contribution < -0.4 is 20.1 Å². The summed E-state index contributed by atoms with van der Waals surface area (Å²) in [4.78, 5) is 15.7. The number of esters is 1. The molecule has 0 aromatic heterocycles. The summed E-state index contributed by atoms with van der Waals surface area (Å²) in [6.45, 7) is 5.21. The van der Waals surface area contributed by atoms with Crippen molar-refractivity contribution in [2.24, 2.45) is 0 Å². The van der Waals surface area contributed by atoms with Gasteiger partial charge in [0.1, 0.15) is 30.9 Å². The van der Waals surface area contributed by atoms with Crippen LogP contribution in [0.3, 0.4) is 0 Å². The second kappa shape index (κ2) is 12.4. The van der Waals surface area contributed by atoms with Crippen LogP contribution in [0.2, 0.25) is 0 Å². The number of fused-ring (bicyclic) bond motifs is 7. The molecule has 0 aliphatic carbocycles. The van der Waals surface area contributed by atoms with Gasteiger partial charge in [-0.15, -0.1) is 0 Å². The third kappa shape index (κ3) is 5.74. The smallest absolute Gasteiger partial charge is 0.336 e. The molecule has 0 saturated heterocycles. The van der Waals surface area contributed by atoms with E-state index in [-0.39, 0.29) is 12.1 Å². The summed E-state index contributed by atoms with van der Waals surface area (Å²) < 4.78 is 23.7. The lowest BCUT2D eigenvalue weighted by atomic mass is 9.93. The summed E-state index contributed by atoms with van der Waals surface area (Å²) in [6.07, 6.45) is 0.184.